The van der Waals surface area contributed by atoms with Gasteiger partial charge in [0.15, 0.2) is 0 Å². The third-order valence-corrected chi connectivity index (χ3v) is 2.53. The third-order valence-electron chi connectivity index (χ3n) is 2.53. The van der Waals surface area contributed by atoms with Gasteiger partial charge in [-0.3, -0.25) is 4.98 Å². The normalized spacial score (nSPS) is 19.2. The molecular weight excluding hydrogens is 164 g/mol. The number of anilines is 1. The summed E-state index contributed by atoms with van der Waals surface area (Å²) in [6.07, 6.45) is 8.51. The van der Waals surface area contributed by atoms with Crippen LogP contribution < -0.4 is 11.1 Å². The summed E-state index contributed by atoms with van der Waals surface area (Å²) in [6, 6.07) is 0. The first-order valence-corrected chi connectivity index (χ1v) is 4.57. The average Bonchev–Trinajstić information content (AvgIpc) is 2.13. The molecule has 1 aliphatic carbocycles. The predicted octanol–water partition coefficient (Wildman–Crippen LogP) is 0.770. The zero-order chi connectivity index (χ0) is 9.15. The first-order valence-electron chi connectivity index (χ1n) is 4.57. The van der Waals surface area contributed by atoms with Crippen molar-refractivity contribution < 1.29 is 0 Å². The Balaban J connectivity index is 1.86. The minimum atomic E-state index is -0.00246. The summed E-state index contributed by atoms with van der Waals surface area (Å²) in [5.41, 5.74) is 6.04. The molecule has 0 amide bonds. The molecule has 4 nitrogen and oxygen atoms in total. The molecule has 0 atom stereocenters. The molecule has 2 rings (SSSR count). The Bertz CT molecular complexity index is 268. The molecule has 1 aliphatic rings. The van der Waals surface area contributed by atoms with Crippen LogP contribution in [0.25, 0.3) is 0 Å². The lowest BCUT2D eigenvalue weighted by atomic mass is 9.78. The molecule has 1 saturated carbocycles. The van der Waals surface area contributed by atoms with Crippen molar-refractivity contribution in [1.82, 2.24) is 9.97 Å². The molecule has 0 spiro atoms. The molecule has 1 heterocycles. The number of aromatic nitrogens is 2. The van der Waals surface area contributed by atoms with Gasteiger partial charge in [-0.25, -0.2) is 4.98 Å². The Morgan fingerprint density at radius 3 is 2.85 bits per heavy atom. The van der Waals surface area contributed by atoms with Crippen molar-refractivity contribution >= 4 is 5.82 Å². The highest BCUT2D eigenvalue weighted by Gasteiger charge is 2.31. The first-order chi connectivity index (χ1) is 6.29. The van der Waals surface area contributed by atoms with Gasteiger partial charge in [0, 0.05) is 24.5 Å². The van der Waals surface area contributed by atoms with E-state index in [9.17, 15) is 0 Å². The van der Waals surface area contributed by atoms with Crippen LogP contribution in [-0.2, 0) is 0 Å². The highest BCUT2D eigenvalue weighted by Crippen LogP contribution is 2.28. The topological polar surface area (TPSA) is 63.8 Å². The van der Waals surface area contributed by atoms with Gasteiger partial charge in [0.2, 0.25) is 0 Å². The molecule has 0 aliphatic heterocycles. The fourth-order valence-electron chi connectivity index (χ4n) is 1.46. The molecule has 0 bridgehead atoms. The van der Waals surface area contributed by atoms with Crippen molar-refractivity contribution in [1.29, 1.82) is 0 Å². The fraction of sp³-hybridized carbons (Fsp3) is 0.556. The molecule has 1 aromatic rings. The summed E-state index contributed by atoms with van der Waals surface area (Å²) in [7, 11) is 0. The molecule has 4 heteroatoms. The van der Waals surface area contributed by atoms with Crippen LogP contribution in [0.3, 0.4) is 0 Å². The SMILES string of the molecule is NC1(CNc2cnccn2)CCC1. The van der Waals surface area contributed by atoms with Gasteiger partial charge in [0.05, 0.1) is 6.20 Å². The smallest absolute Gasteiger partial charge is 0.144 e. The van der Waals surface area contributed by atoms with E-state index in [2.05, 4.69) is 15.3 Å². The van der Waals surface area contributed by atoms with E-state index in [1.807, 2.05) is 0 Å². The largest absolute Gasteiger partial charge is 0.367 e. The molecule has 0 aromatic carbocycles. The Labute approximate surface area is 77.6 Å². The summed E-state index contributed by atoms with van der Waals surface area (Å²) in [5, 5.41) is 3.19. The molecule has 13 heavy (non-hydrogen) atoms. The summed E-state index contributed by atoms with van der Waals surface area (Å²) in [4.78, 5) is 8.07. The molecular formula is C9H14N4. The molecule has 0 unspecified atom stereocenters. The lowest BCUT2D eigenvalue weighted by Gasteiger charge is -2.38. The Morgan fingerprint density at radius 1 is 1.46 bits per heavy atom. The van der Waals surface area contributed by atoms with Gasteiger partial charge in [-0.1, -0.05) is 0 Å². The molecule has 70 valence electrons. The van der Waals surface area contributed by atoms with Gasteiger partial charge in [0.1, 0.15) is 5.82 Å². The van der Waals surface area contributed by atoms with Crippen molar-refractivity contribution in [3.05, 3.63) is 18.6 Å². The van der Waals surface area contributed by atoms with Crippen LogP contribution in [0, 0.1) is 0 Å². The second-order valence-corrected chi connectivity index (χ2v) is 3.66. The van der Waals surface area contributed by atoms with Gasteiger partial charge >= 0.3 is 0 Å². The number of nitrogens with zero attached hydrogens (tertiary/aromatic N) is 2. The van der Waals surface area contributed by atoms with Gasteiger partial charge in [-0.15, -0.1) is 0 Å². The summed E-state index contributed by atoms with van der Waals surface area (Å²) in [6.45, 7) is 0.797. The van der Waals surface area contributed by atoms with Crippen LogP contribution in [0.15, 0.2) is 18.6 Å². The van der Waals surface area contributed by atoms with E-state index in [1.165, 1.54) is 6.42 Å². The zero-order valence-electron chi connectivity index (χ0n) is 7.53. The molecule has 0 radical (unpaired) electrons. The van der Waals surface area contributed by atoms with Crippen LogP contribution >= 0.6 is 0 Å². The van der Waals surface area contributed by atoms with E-state index in [4.69, 9.17) is 5.73 Å². The summed E-state index contributed by atoms with van der Waals surface area (Å²) < 4.78 is 0. The second kappa shape index (κ2) is 3.30. The van der Waals surface area contributed by atoms with Crippen LogP contribution in [0.4, 0.5) is 5.82 Å². The number of hydrogen-bond donors (Lipinski definition) is 2. The van der Waals surface area contributed by atoms with Gasteiger partial charge in [-0.2, -0.15) is 0 Å². The van der Waals surface area contributed by atoms with Crippen molar-refractivity contribution in [3.8, 4) is 0 Å². The predicted molar refractivity (Wildman–Crippen MR) is 51.3 cm³/mol. The fourth-order valence-corrected chi connectivity index (χ4v) is 1.46. The van der Waals surface area contributed by atoms with Crippen molar-refractivity contribution in [3.63, 3.8) is 0 Å². The van der Waals surface area contributed by atoms with Crippen molar-refractivity contribution in [2.45, 2.75) is 24.8 Å². The van der Waals surface area contributed by atoms with Crippen LogP contribution in [0.2, 0.25) is 0 Å². The maximum absolute atomic E-state index is 6.04. The number of nitrogens with two attached hydrogens (primary N) is 1. The van der Waals surface area contributed by atoms with Gasteiger partial charge in [-0.05, 0) is 19.3 Å². The highest BCUT2D eigenvalue weighted by molar-refractivity contribution is 5.31. The summed E-state index contributed by atoms with van der Waals surface area (Å²) >= 11 is 0. The maximum Gasteiger partial charge on any atom is 0.144 e. The van der Waals surface area contributed by atoms with Crippen LogP contribution in [0.5, 0.6) is 0 Å². The van der Waals surface area contributed by atoms with Gasteiger partial charge in [0.25, 0.3) is 0 Å². The zero-order valence-corrected chi connectivity index (χ0v) is 7.53. The molecule has 1 aromatic heterocycles. The number of hydrogen-bond acceptors (Lipinski definition) is 4. The van der Waals surface area contributed by atoms with E-state index < -0.39 is 0 Å². The van der Waals surface area contributed by atoms with E-state index in [0.29, 0.717) is 0 Å². The quantitative estimate of drug-likeness (QED) is 0.717. The van der Waals surface area contributed by atoms with Crippen LogP contribution in [-0.4, -0.2) is 22.1 Å². The molecule has 3 N–H and O–H groups in total. The van der Waals surface area contributed by atoms with E-state index in [-0.39, 0.29) is 5.54 Å². The van der Waals surface area contributed by atoms with Gasteiger partial charge < -0.3 is 11.1 Å². The van der Waals surface area contributed by atoms with Crippen LogP contribution in [0.1, 0.15) is 19.3 Å². The third kappa shape index (κ3) is 1.95. The Kier molecular flexibility index (Phi) is 2.14. The minimum absolute atomic E-state index is 0.00246. The van der Waals surface area contributed by atoms with Crippen molar-refractivity contribution in [2.24, 2.45) is 5.73 Å². The summed E-state index contributed by atoms with van der Waals surface area (Å²) in [5.74, 6) is 0.805. The van der Waals surface area contributed by atoms with E-state index >= 15 is 0 Å². The Hall–Kier alpha value is -1.16. The molecule has 1 fully saturated rings. The van der Waals surface area contributed by atoms with E-state index in [0.717, 1.165) is 25.2 Å². The highest BCUT2D eigenvalue weighted by atomic mass is 15.0. The molecule has 0 saturated heterocycles. The number of nitrogens with one attached hydrogen (secondary N) is 1. The Morgan fingerprint density at radius 2 is 2.31 bits per heavy atom. The lowest BCUT2D eigenvalue weighted by Crippen LogP contribution is -2.52. The minimum Gasteiger partial charge on any atom is -0.367 e. The lowest BCUT2D eigenvalue weighted by molar-refractivity contribution is 0.265. The maximum atomic E-state index is 6.04. The second-order valence-electron chi connectivity index (χ2n) is 3.66. The van der Waals surface area contributed by atoms with E-state index in [1.54, 1.807) is 18.6 Å². The average molecular weight is 178 g/mol. The number of rotatable bonds is 3. The monoisotopic (exact) mass is 178 g/mol. The first kappa shape index (κ1) is 8.44. The standard InChI is InChI=1S/C9H14N4/c10-9(2-1-3-9)7-13-8-6-11-4-5-12-8/h4-6H,1-3,7,10H2,(H,12,13). The van der Waals surface area contributed by atoms with Crippen molar-refractivity contribution in [2.75, 3.05) is 11.9 Å².